The number of rotatable bonds is 3. The Labute approximate surface area is 108 Å². The molecular weight excluding hydrogens is 228 g/mol. The molecule has 1 aromatic rings. The Hall–Kier alpha value is -1.10. The molecule has 3 rings (SSSR count). The fraction of sp³-hybridized carbons (Fsp3) is 0.571. The number of nitrogens with zero attached hydrogens (tertiary/aromatic N) is 1. The van der Waals surface area contributed by atoms with Gasteiger partial charge in [0.25, 0.3) is 0 Å². The average Bonchev–Trinajstić information content (AvgIpc) is 2.82. The molecule has 98 valence electrons. The Morgan fingerprint density at radius 1 is 1.33 bits per heavy atom. The first kappa shape index (κ1) is 12.0. The number of morpholine rings is 1. The van der Waals surface area contributed by atoms with Crippen molar-refractivity contribution < 1.29 is 9.47 Å². The lowest BCUT2D eigenvalue weighted by Crippen LogP contribution is -2.46. The number of hydrazine groups is 1. The average molecular weight is 248 g/mol. The zero-order chi connectivity index (χ0) is 12.4. The highest BCUT2D eigenvalue weighted by molar-refractivity contribution is 5.40. The number of fused-ring (bicyclic) bond motifs is 1. The van der Waals surface area contributed by atoms with E-state index in [-0.39, 0.29) is 0 Å². The number of nitrogens with one attached hydrogen (secondary N) is 1. The summed E-state index contributed by atoms with van der Waals surface area (Å²) in [7, 11) is 1.72. The van der Waals surface area contributed by atoms with Crippen LogP contribution in [0.4, 0.5) is 0 Å². The molecule has 1 aliphatic carbocycles. The SMILES string of the molecule is COc1ccc2c(c1)C(NN1CCOCC1)CC2. The van der Waals surface area contributed by atoms with Crippen molar-refractivity contribution in [3.8, 4) is 5.75 Å². The lowest BCUT2D eigenvalue weighted by Gasteiger charge is -2.30. The van der Waals surface area contributed by atoms with Crippen LogP contribution in [0.25, 0.3) is 0 Å². The predicted octanol–water partition coefficient (Wildman–Crippen LogP) is 1.52. The van der Waals surface area contributed by atoms with Gasteiger partial charge in [-0.25, -0.2) is 10.4 Å². The van der Waals surface area contributed by atoms with Gasteiger partial charge in [-0.2, -0.15) is 0 Å². The van der Waals surface area contributed by atoms with Gasteiger partial charge in [0.1, 0.15) is 5.75 Å². The lowest BCUT2D eigenvalue weighted by molar-refractivity contribution is 0.00347. The maximum absolute atomic E-state index is 5.37. The molecule has 18 heavy (non-hydrogen) atoms. The highest BCUT2D eigenvalue weighted by atomic mass is 16.5. The third-order valence-electron chi connectivity index (χ3n) is 3.78. The first-order valence-electron chi connectivity index (χ1n) is 6.62. The lowest BCUT2D eigenvalue weighted by atomic mass is 10.1. The van der Waals surface area contributed by atoms with Crippen LogP contribution in [-0.4, -0.2) is 38.4 Å². The van der Waals surface area contributed by atoms with Crippen LogP contribution in [0.3, 0.4) is 0 Å². The topological polar surface area (TPSA) is 33.7 Å². The molecule has 1 unspecified atom stereocenters. The maximum Gasteiger partial charge on any atom is 0.119 e. The summed E-state index contributed by atoms with van der Waals surface area (Å²) in [6, 6.07) is 6.83. The summed E-state index contributed by atoms with van der Waals surface area (Å²) in [5.41, 5.74) is 6.46. The van der Waals surface area contributed by atoms with Crippen LogP contribution in [0, 0.1) is 0 Å². The Kier molecular flexibility index (Phi) is 3.50. The van der Waals surface area contributed by atoms with E-state index in [1.807, 2.05) is 0 Å². The van der Waals surface area contributed by atoms with Crippen molar-refractivity contribution in [1.29, 1.82) is 0 Å². The van der Waals surface area contributed by atoms with Gasteiger partial charge in [-0.1, -0.05) is 6.07 Å². The zero-order valence-corrected chi connectivity index (χ0v) is 10.8. The molecule has 1 aromatic carbocycles. The Morgan fingerprint density at radius 3 is 2.94 bits per heavy atom. The third kappa shape index (κ3) is 2.36. The quantitative estimate of drug-likeness (QED) is 0.879. The van der Waals surface area contributed by atoms with Gasteiger partial charge >= 0.3 is 0 Å². The molecule has 0 saturated carbocycles. The molecule has 0 amide bonds. The molecule has 1 aliphatic heterocycles. The molecule has 4 heteroatoms. The van der Waals surface area contributed by atoms with E-state index in [9.17, 15) is 0 Å². The van der Waals surface area contributed by atoms with Crippen LogP contribution < -0.4 is 10.2 Å². The fourth-order valence-electron chi connectivity index (χ4n) is 2.75. The molecule has 1 heterocycles. The van der Waals surface area contributed by atoms with Crippen molar-refractivity contribution in [2.75, 3.05) is 33.4 Å². The van der Waals surface area contributed by atoms with E-state index < -0.39 is 0 Å². The number of hydrogen-bond donors (Lipinski definition) is 1. The second-order valence-electron chi connectivity index (χ2n) is 4.88. The second kappa shape index (κ2) is 5.26. The summed E-state index contributed by atoms with van der Waals surface area (Å²) in [6.45, 7) is 3.58. The summed E-state index contributed by atoms with van der Waals surface area (Å²) in [5, 5.41) is 2.28. The van der Waals surface area contributed by atoms with Crippen LogP contribution in [0.5, 0.6) is 5.75 Å². The minimum absolute atomic E-state index is 0.424. The summed E-state index contributed by atoms with van der Waals surface area (Å²) in [4.78, 5) is 0. The first-order chi connectivity index (χ1) is 8.86. The van der Waals surface area contributed by atoms with Gasteiger partial charge in [0.05, 0.1) is 20.3 Å². The normalized spacial score (nSPS) is 23.9. The Bertz CT molecular complexity index is 416. The number of aryl methyl sites for hydroxylation is 1. The largest absolute Gasteiger partial charge is 0.497 e. The molecule has 1 atom stereocenters. The van der Waals surface area contributed by atoms with Gasteiger partial charge in [-0.3, -0.25) is 0 Å². The molecular formula is C14H20N2O2. The molecule has 1 fully saturated rings. The van der Waals surface area contributed by atoms with Crippen molar-refractivity contribution in [3.63, 3.8) is 0 Å². The second-order valence-corrected chi connectivity index (χ2v) is 4.88. The smallest absolute Gasteiger partial charge is 0.119 e. The monoisotopic (exact) mass is 248 g/mol. The highest BCUT2D eigenvalue weighted by Crippen LogP contribution is 2.33. The summed E-state index contributed by atoms with van der Waals surface area (Å²) in [5.74, 6) is 0.949. The number of ether oxygens (including phenoxy) is 2. The van der Waals surface area contributed by atoms with Gasteiger partial charge in [0.15, 0.2) is 0 Å². The Balaban J connectivity index is 1.72. The molecule has 4 nitrogen and oxygen atoms in total. The fourth-order valence-corrected chi connectivity index (χ4v) is 2.75. The minimum atomic E-state index is 0.424. The van der Waals surface area contributed by atoms with E-state index in [1.54, 1.807) is 7.11 Å². The number of hydrogen-bond acceptors (Lipinski definition) is 4. The van der Waals surface area contributed by atoms with Crippen molar-refractivity contribution in [3.05, 3.63) is 29.3 Å². The molecule has 1 N–H and O–H groups in total. The van der Waals surface area contributed by atoms with Crippen LogP contribution in [0.15, 0.2) is 18.2 Å². The van der Waals surface area contributed by atoms with Crippen LogP contribution >= 0.6 is 0 Å². The van der Waals surface area contributed by atoms with E-state index in [0.717, 1.165) is 38.5 Å². The van der Waals surface area contributed by atoms with Gasteiger partial charge in [-0.15, -0.1) is 0 Å². The Morgan fingerprint density at radius 2 is 2.17 bits per heavy atom. The van der Waals surface area contributed by atoms with E-state index in [4.69, 9.17) is 9.47 Å². The van der Waals surface area contributed by atoms with Gasteiger partial charge < -0.3 is 9.47 Å². The van der Waals surface area contributed by atoms with Crippen LogP contribution in [-0.2, 0) is 11.2 Å². The molecule has 0 aromatic heterocycles. The van der Waals surface area contributed by atoms with Crippen molar-refractivity contribution in [2.45, 2.75) is 18.9 Å². The minimum Gasteiger partial charge on any atom is -0.497 e. The first-order valence-corrected chi connectivity index (χ1v) is 6.62. The summed E-state index contributed by atoms with van der Waals surface area (Å²) >= 11 is 0. The van der Waals surface area contributed by atoms with Crippen LogP contribution in [0.1, 0.15) is 23.6 Å². The molecule has 2 aliphatic rings. The van der Waals surface area contributed by atoms with Crippen molar-refractivity contribution in [1.82, 2.24) is 10.4 Å². The molecule has 1 saturated heterocycles. The molecule has 0 bridgehead atoms. The van der Waals surface area contributed by atoms with Crippen molar-refractivity contribution in [2.24, 2.45) is 0 Å². The van der Waals surface area contributed by atoms with Gasteiger partial charge in [0, 0.05) is 19.1 Å². The summed E-state index contributed by atoms with van der Waals surface area (Å²) in [6.07, 6.45) is 2.32. The van der Waals surface area contributed by atoms with Gasteiger partial charge in [0.2, 0.25) is 0 Å². The maximum atomic E-state index is 5.37. The van der Waals surface area contributed by atoms with Crippen molar-refractivity contribution >= 4 is 0 Å². The standard InChI is InChI=1S/C14H20N2O2/c1-17-12-4-2-11-3-5-14(13(11)10-12)15-16-6-8-18-9-7-16/h2,4,10,14-15H,3,5-9H2,1H3. The van der Waals surface area contributed by atoms with E-state index in [1.165, 1.54) is 17.5 Å². The zero-order valence-electron chi connectivity index (χ0n) is 10.8. The predicted molar refractivity (Wildman–Crippen MR) is 69.6 cm³/mol. The van der Waals surface area contributed by atoms with Gasteiger partial charge in [-0.05, 0) is 36.1 Å². The third-order valence-corrected chi connectivity index (χ3v) is 3.78. The number of benzene rings is 1. The van der Waals surface area contributed by atoms with E-state index in [0.29, 0.717) is 6.04 Å². The number of methoxy groups -OCH3 is 1. The van der Waals surface area contributed by atoms with E-state index in [2.05, 4.69) is 28.6 Å². The van der Waals surface area contributed by atoms with E-state index >= 15 is 0 Å². The summed E-state index contributed by atoms with van der Waals surface area (Å²) < 4.78 is 10.7. The van der Waals surface area contributed by atoms with Crippen LogP contribution in [0.2, 0.25) is 0 Å². The highest BCUT2D eigenvalue weighted by Gasteiger charge is 2.25. The molecule has 0 radical (unpaired) electrons. The molecule has 0 spiro atoms.